The van der Waals surface area contributed by atoms with E-state index >= 15 is 0 Å². The van der Waals surface area contributed by atoms with Gasteiger partial charge in [-0.1, -0.05) is 18.7 Å². The molecule has 0 bridgehead atoms. The van der Waals surface area contributed by atoms with Crippen molar-refractivity contribution in [3.8, 4) is 0 Å². The Hall–Kier alpha value is -1.24. The van der Waals surface area contributed by atoms with Gasteiger partial charge in [0.15, 0.2) is 0 Å². The van der Waals surface area contributed by atoms with Gasteiger partial charge in [0.2, 0.25) is 0 Å². The average molecular weight is 175 g/mol. The first-order chi connectivity index (χ1) is 6.13. The molecule has 0 atom stereocenters. The van der Waals surface area contributed by atoms with Crippen molar-refractivity contribution in [3.05, 3.63) is 35.2 Å². The summed E-state index contributed by atoms with van der Waals surface area (Å²) in [6.07, 6.45) is 6.11. The predicted molar refractivity (Wildman–Crippen MR) is 59.7 cm³/mol. The summed E-state index contributed by atoms with van der Waals surface area (Å²) in [7, 11) is 2.09. The van der Waals surface area contributed by atoms with Crippen LogP contribution in [0.2, 0.25) is 0 Å². The molecule has 0 aromatic carbocycles. The fourth-order valence-electron chi connectivity index (χ4n) is 1.62. The fraction of sp³-hybridized carbons (Fsp3) is 0.333. The first-order valence-electron chi connectivity index (χ1n) is 4.54. The molecule has 1 aromatic rings. The zero-order chi connectivity index (χ0) is 10.0. The van der Waals surface area contributed by atoms with Crippen LogP contribution in [0, 0.1) is 13.8 Å². The molecule has 0 saturated heterocycles. The van der Waals surface area contributed by atoms with E-state index in [1.54, 1.807) is 0 Å². The van der Waals surface area contributed by atoms with Crippen LogP contribution >= 0.6 is 0 Å². The summed E-state index contributed by atoms with van der Waals surface area (Å²) in [4.78, 5) is 0. The van der Waals surface area contributed by atoms with Crippen molar-refractivity contribution in [1.29, 1.82) is 0 Å². The van der Waals surface area contributed by atoms with Crippen molar-refractivity contribution >= 4 is 12.2 Å². The molecule has 70 valence electrons. The molecule has 0 saturated carbocycles. The topological polar surface area (TPSA) is 4.93 Å². The van der Waals surface area contributed by atoms with Crippen LogP contribution in [-0.2, 0) is 7.05 Å². The number of hydrogen-bond donors (Lipinski definition) is 0. The standard InChI is InChI=1S/C12H17N/c1-6-8-12-11(7-2)9(3)10(4)13(12)5/h6-8H,2H2,1,3-5H3/b8-6-. The quantitative estimate of drug-likeness (QED) is 0.650. The van der Waals surface area contributed by atoms with Gasteiger partial charge >= 0.3 is 0 Å². The Morgan fingerprint density at radius 3 is 2.38 bits per heavy atom. The minimum Gasteiger partial charge on any atom is -0.348 e. The van der Waals surface area contributed by atoms with Crippen molar-refractivity contribution in [3.63, 3.8) is 0 Å². The maximum atomic E-state index is 3.84. The zero-order valence-corrected chi connectivity index (χ0v) is 8.89. The third-order valence-electron chi connectivity index (χ3n) is 2.62. The van der Waals surface area contributed by atoms with E-state index in [9.17, 15) is 0 Å². The van der Waals surface area contributed by atoms with Gasteiger partial charge in [-0.25, -0.2) is 0 Å². The molecule has 0 fully saturated rings. The van der Waals surface area contributed by atoms with Crippen molar-refractivity contribution in [1.82, 2.24) is 4.57 Å². The van der Waals surface area contributed by atoms with Crippen molar-refractivity contribution in [2.75, 3.05) is 0 Å². The second kappa shape index (κ2) is 3.65. The van der Waals surface area contributed by atoms with Crippen molar-refractivity contribution in [2.45, 2.75) is 20.8 Å². The van der Waals surface area contributed by atoms with E-state index in [-0.39, 0.29) is 0 Å². The molecule has 13 heavy (non-hydrogen) atoms. The van der Waals surface area contributed by atoms with Crippen LogP contribution in [0.15, 0.2) is 12.7 Å². The maximum Gasteiger partial charge on any atom is 0.0479 e. The van der Waals surface area contributed by atoms with E-state index in [0.717, 1.165) is 0 Å². The molecule has 0 aliphatic rings. The van der Waals surface area contributed by atoms with Gasteiger partial charge in [-0.05, 0) is 32.4 Å². The Labute approximate surface area is 80.4 Å². The molecule has 0 radical (unpaired) electrons. The van der Waals surface area contributed by atoms with E-state index in [1.165, 1.54) is 22.5 Å². The first kappa shape index (κ1) is 9.85. The van der Waals surface area contributed by atoms with Crippen LogP contribution in [-0.4, -0.2) is 4.57 Å². The number of aromatic nitrogens is 1. The Bertz CT molecular complexity index is 354. The third kappa shape index (κ3) is 1.46. The largest absolute Gasteiger partial charge is 0.348 e. The zero-order valence-electron chi connectivity index (χ0n) is 8.89. The highest BCUT2D eigenvalue weighted by atomic mass is 15.0. The lowest BCUT2D eigenvalue weighted by atomic mass is 10.1. The summed E-state index contributed by atoms with van der Waals surface area (Å²) in [6.45, 7) is 10.1. The van der Waals surface area contributed by atoms with E-state index in [4.69, 9.17) is 0 Å². The van der Waals surface area contributed by atoms with Crippen molar-refractivity contribution < 1.29 is 0 Å². The minimum absolute atomic E-state index is 1.24. The molecule has 0 aliphatic carbocycles. The monoisotopic (exact) mass is 175 g/mol. The summed E-state index contributed by atoms with van der Waals surface area (Å²) in [5, 5.41) is 0. The fourth-order valence-corrected chi connectivity index (χ4v) is 1.62. The highest BCUT2D eigenvalue weighted by Crippen LogP contribution is 2.22. The summed E-state index contributed by atoms with van der Waals surface area (Å²) in [6, 6.07) is 0. The molecule has 0 N–H and O–H groups in total. The van der Waals surface area contributed by atoms with Crippen LogP contribution in [0.3, 0.4) is 0 Å². The summed E-state index contributed by atoms with van der Waals surface area (Å²) in [5.41, 5.74) is 5.12. The Balaban J connectivity index is 3.47. The lowest BCUT2D eigenvalue weighted by Crippen LogP contribution is -1.93. The summed E-state index contributed by atoms with van der Waals surface area (Å²) < 4.78 is 2.20. The highest BCUT2D eigenvalue weighted by Gasteiger charge is 2.09. The second-order valence-electron chi connectivity index (χ2n) is 3.27. The number of rotatable bonds is 2. The summed E-state index contributed by atoms with van der Waals surface area (Å²) >= 11 is 0. The molecule has 1 rings (SSSR count). The number of nitrogens with zero attached hydrogens (tertiary/aromatic N) is 1. The van der Waals surface area contributed by atoms with Crippen molar-refractivity contribution in [2.24, 2.45) is 7.05 Å². The Morgan fingerprint density at radius 1 is 1.31 bits per heavy atom. The molecular weight excluding hydrogens is 158 g/mol. The van der Waals surface area contributed by atoms with Gasteiger partial charge in [-0.15, -0.1) is 0 Å². The average Bonchev–Trinajstić information content (AvgIpc) is 2.32. The molecule has 0 spiro atoms. The summed E-state index contributed by atoms with van der Waals surface area (Å²) in [5.74, 6) is 0. The molecular formula is C12H17N. The Morgan fingerprint density at radius 2 is 1.92 bits per heavy atom. The highest BCUT2D eigenvalue weighted by molar-refractivity contribution is 5.66. The van der Waals surface area contributed by atoms with Crippen LogP contribution < -0.4 is 0 Å². The molecule has 0 amide bonds. The van der Waals surface area contributed by atoms with E-state index in [2.05, 4.69) is 44.2 Å². The van der Waals surface area contributed by atoms with Crippen LogP contribution in [0.25, 0.3) is 12.2 Å². The lowest BCUT2D eigenvalue weighted by molar-refractivity contribution is 0.866. The molecule has 1 nitrogen and oxygen atoms in total. The first-order valence-corrected chi connectivity index (χ1v) is 4.54. The normalized spacial score (nSPS) is 11.1. The molecule has 1 heterocycles. The van der Waals surface area contributed by atoms with Crippen LogP contribution in [0.4, 0.5) is 0 Å². The van der Waals surface area contributed by atoms with Crippen LogP contribution in [0.5, 0.6) is 0 Å². The van der Waals surface area contributed by atoms with Gasteiger partial charge in [-0.3, -0.25) is 0 Å². The number of hydrogen-bond acceptors (Lipinski definition) is 0. The van der Waals surface area contributed by atoms with Gasteiger partial charge < -0.3 is 4.57 Å². The second-order valence-corrected chi connectivity index (χ2v) is 3.27. The van der Waals surface area contributed by atoms with Gasteiger partial charge in [0, 0.05) is 24.0 Å². The smallest absolute Gasteiger partial charge is 0.0479 e. The van der Waals surface area contributed by atoms with E-state index in [0.29, 0.717) is 0 Å². The van der Waals surface area contributed by atoms with Crippen LogP contribution in [0.1, 0.15) is 29.4 Å². The number of allylic oxidation sites excluding steroid dienone is 1. The third-order valence-corrected chi connectivity index (χ3v) is 2.62. The van der Waals surface area contributed by atoms with Gasteiger partial charge in [0.25, 0.3) is 0 Å². The molecule has 0 unspecified atom stereocenters. The molecule has 1 aromatic heterocycles. The maximum absolute atomic E-state index is 3.84. The predicted octanol–water partition coefficient (Wildman–Crippen LogP) is 3.32. The molecule has 0 aliphatic heterocycles. The van der Waals surface area contributed by atoms with E-state index < -0.39 is 0 Å². The van der Waals surface area contributed by atoms with Gasteiger partial charge in [0.05, 0.1) is 0 Å². The SMILES string of the molecule is C=Cc1c(C)c(C)n(C)c1/C=C\C. The van der Waals surface area contributed by atoms with E-state index in [1.807, 2.05) is 13.0 Å². The Kier molecular flexibility index (Phi) is 2.76. The minimum atomic E-state index is 1.24. The molecule has 1 heteroatoms. The van der Waals surface area contributed by atoms with Gasteiger partial charge in [-0.2, -0.15) is 0 Å². The lowest BCUT2D eigenvalue weighted by Gasteiger charge is -2.00. The van der Waals surface area contributed by atoms with Gasteiger partial charge in [0.1, 0.15) is 0 Å².